The molecule has 4 aromatic rings. The number of anilines is 1. The third-order valence-corrected chi connectivity index (χ3v) is 3.61. The highest BCUT2D eigenvalue weighted by Gasteiger charge is 2.19. The summed E-state index contributed by atoms with van der Waals surface area (Å²) in [5.74, 6) is 1.07. The second-order valence-corrected chi connectivity index (χ2v) is 5.36. The molecule has 0 radical (unpaired) electrons. The first-order chi connectivity index (χ1) is 11.7. The fourth-order valence-electron chi connectivity index (χ4n) is 2.42. The number of rotatable bonds is 3. The van der Waals surface area contributed by atoms with Crippen LogP contribution in [0, 0.1) is 6.92 Å². The molecule has 7 nitrogen and oxygen atoms in total. The van der Waals surface area contributed by atoms with E-state index in [1.54, 1.807) is 4.68 Å². The molecule has 0 aliphatic carbocycles. The van der Waals surface area contributed by atoms with Gasteiger partial charge in [-0.15, -0.1) is 5.10 Å². The van der Waals surface area contributed by atoms with Gasteiger partial charge in [0.1, 0.15) is 0 Å². The molecule has 2 aromatic heterocycles. The van der Waals surface area contributed by atoms with Gasteiger partial charge in [0.2, 0.25) is 5.82 Å². The first-order valence-electron chi connectivity index (χ1n) is 7.40. The summed E-state index contributed by atoms with van der Waals surface area (Å²) in [6.45, 7) is 2.00. The highest BCUT2D eigenvalue weighted by atomic mass is 16.5. The van der Waals surface area contributed by atoms with Gasteiger partial charge in [0.25, 0.3) is 5.89 Å². The molecule has 0 amide bonds. The van der Waals surface area contributed by atoms with Crippen LogP contribution in [0.25, 0.3) is 28.7 Å². The molecule has 2 heterocycles. The van der Waals surface area contributed by atoms with Gasteiger partial charge in [-0.3, -0.25) is 0 Å². The van der Waals surface area contributed by atoms with Gasteiger partial charge in [-0.25, -0.2) is 0 Å². The summed E-state index contributed by atoms with van der Waals surface area (Å²) in [7, 11) is 0. The van der Waals surface area contributed by atoms with Crippen molar-refractivity contribution < 1.29 is 4.52 Å². The molecule has 7 heteroatoms. The lowest BCUT2D eigenvalue weighted by molar-refractivity contribution is 0.431. The van der Waals surface area contributed by atoms with E-state index in [2.05, 4.69) is 20.5 Å². The molecule has 0 fully saturated rings. The Kier molecular flexibility index (Phi) is 3.31. The summed E-state index contributed by atoms with van der Waals surface area (Å²) in [5, 5.41) is 12.2. The van der Waals surface area contributed by atoms with Crippen molar-refractivity contribution in [2.75, 3.05) is 5.73 Å². The molecule has 2 aromatic carbocycles. The molecule has 0 saturated heterocycles. The number of aryl methyl sites for hydroxylation is 1. The van der Waals surface area contributed by atoms with Crippen molar-refractivity contribution in [1.82, 2.24) is 25.1 Å². The fourth-order valence-corrected chi connectivity index (χ4v) is 2.42. The van der Waals surface area contributed by atoms with E-state index in [1.807, 2.05) is 61.5 Å². The SMILES string of the molecule is Cc1cccc(-n2nnc(-c3nc(-c4ccccc4)no3)c2N)c1. The lowest BCUT2D eigenvalue weighted by Crippen LogP contribution is -2.02. The first kappa shape index (κ1) is 14.1. The molecule has 4 rings (SSSR count). The number of benzene rings is 2. The molecule has 0 aliphatic heterocycles. The van der Waals surface area contributed by atoms with E-state index in [4.69, 9.17) is 10.3 Å². The molecule has 118 valence electrons. The Morgan fingerprint density at radius 3 is 2.67 bits per heavy atom. The van der Waals surface area contributed by atoms with E-state index in [9.17, 15) is 0 Å². The van der Waals surface area contributed by atoms with Crippen LogP contribution in [0.15, 0.2) is 59.1 Å². The molecule has 2 N–H and O–H groups in total. The predicted octanol–water partition coefficient (Wildman–Crippen LogP) is 2.87. The topological polar surface area (TPSA) is 95.6 Å². The zero-order valence-electron chi connectivity index (χ0n) is 12.9. The summed E-state index contributed by atoms with van der Waals surface area (Å²) in [5.41, 5.74) is 9.33. The number of aromatic nitrogens is 5. The van der Waals surface area contributed by atoms with Crippen LogP contribution in [0.3, 0.4) is 0 Å². The Hall–Kier alpha value is -3.48. The summed E-state index contributed by atoms with van der Waals surface area (Å²) >= 11 is 0. The summed E-state index contributed by atoms with van der Waals surface area (Å²) in [6, 6.07) is 17.4. The quantitative estimate of drug-likeness (QED) is 0.624. The van der Waals surface area contributed by atoms with Crippen molar-refractivity contribution in [3.05, 3.63) is 60.2 Å². The van der Waals surface area contributed by atoms with Gasteiger partial charge in [0.15, 0.2) is 11.5 Å². The normalized spacial score (nSPS) is 10.9. The highest BCUT2D eigenvalue weighted by molar-refractivity contribution is 5.66. The van der Waals surface area contributed by atoms with E-state index >= 15 is 0 Å². The maximum Gasteiger partial charge on any atom is 0.282 e. The van der Waals surface area contributed by atoms with Gasteiger partial charge in [0.05, 0.1) is 5.69 Å². The number of nitrogens with two attached hydrogens (primary N) is 1. The molecule has 0 spiro atoms. The first-order valence-corrected chi connectivity index (χ1v) is 7.40. The largest absolute Gasteiger partial charge is 0.382 e. The Morgan fingerprint density at radius 1 is 1.04 bits per heavy atom. The second-order valence-electron chi connectivity index (χ2n) is 5.36. The van der Waals surface area contributed by atoms with Crippen LogP contribution in [0.2, 0.25) is 0 Å². The van der Waals surface area contributed by atoms with Crippen LogP contribution >= 0.6 is 0 Å². The summed E-state index contributed by atoms with van der Waals surface area (Å²) in [4.78, 5) is 4.36. The third-order valence-electron chi connectivity index (χ3n) is 3.61. The summed E-state index contributed by atoms with van der Waals surface area (Å²) in [6.07, 6.45) is 0. The van der Waals surface area contributed by atoms with Crippen molar-refractivity contribution in [3.63, 3.8) is 0 Å². The molecule has 0 unspecified atom stereocenters. The second kappa shape index (κ2) is 5.62. The number of nitrogen functional groups attached to an aromatic ring is 1. The van der Waals surface area contributed by atoms with Crippen LogP contribution in [0.1, 0.15) is 5.56 Å². The van der Waals surface area contributed by atoms with Crippen molar-refractivity contribution in [2.24, 2.45) is 0 Å². The van der Waals surface area contributed by atoms with Crippen molar-refractivity contribution in [2.45, 2.75) is 6.92 Å². The third kappa shape index (κ3) is 2.41. The minimum Gasteiger partial charge on any atom is -0.382 e. The van der Waals surface area contributed by atoms with Gasteiger partial charge in [-0.05, 0) is 24.6 Å². The minimum absolute atomic E-state index is 0.241. The average Bonchev–Trinajstić information content (AvgIpc) is 3.22. The van der Waals surface area contributed by atoms with Crippen molar-refractivity contribution in [3.8, 4) is 28.7 Å². The Balaban J connectivity index is 1.73. The van der Waals surface area contributed by atoms with Crippen molar-refractivity contribution >= 4 is 5.82 Å². The maximum absolute atomic E-state index is 6.18. The minimum atomic E-state index is 0.241. The van der Waals surface area contributed by atoms with Crippen LogP contribution in [-0.2, 0) is 0 Å². The molecule has 0 bridgehead atoms. The molecule has 0 aliphatic rings. The zero-order chi connectivity index (χ0) is 16.5. The lowest BCUT2D eigenvalue weighted by atomic mass is 10.2. The predicted molar refractivity (Wildman–Crippen MR) is 89.2 cm³/mol. The molecular formula is C17H14N6O. The maximum atomic E-state index is 6.18. The van der Waals surface area contributed by atoms with E-state index in [-0.39, 0.29) is 5.89 Å². The van der Waals surface area contributed by atoms with Crippen molar-refractivity contribution in [1.29, 1.82) is 0 Å². The highest BCUT2D eigenvalue weighted by Crippen LogP contribution is 2.26. The van der Waals surface area contributed by atoms with E-state index in [0.29, 0.717) is 17.3 Å². The van der Waals surface area contributed by atoms with Crippen LogP contribution in [0.4, 0.5) is 5.82 Å². The Labute approximate surface area is 137 Å². The van der Waals surface area contributed by atoms with Crippen LogP contribution < -0.4 is 5.73 Å². The molecule has 24 heavy (non-hydrogen) atoms. The van der Waals surface area contributed by atoms with E-state index in [0.717, 1.165) is 16.8 Å². The number of hydrogen-bond donors (Lipinski definition) is 1. The van der Waals surface area contributed by atoms with Crippen LogP contribution in [0.5, 0.6) is 0 Å². The Bertz CT molecular complexity index is 989. The van der Waals surface area contributed by atoms with Gasteiger partial charge < -0.3 is 10.3 Å². The van der Waals surface area contributed by atoms with Gasteiger partial charge in [-0.1, -0.05) is 52.8 Å². The Morgan fingerprint density at radius 2 is 1.88 bits per heavy atom. The number of nitrogens with zero attached hydrogens (tertiary/aromatic N) is 5. The fraction of sp³-hybridized carbons (Fsp3) is 0.0588. The van der Waals surface area contributed by atoms with E-state index in [1.165, 1.54) is 0 Å². The average molecular weight is 318 g/mol. The van der Waals surface area contributed by atoms with Gasteiger partial charge >= 0.3 is 0 Å². The number of hydrogen-bond acceptors (Lipinski definition) is 6. The monoisotopic (exact) mass is 318 g/mol. The lowest BCUT2D eigenvalue weighted by Gasteiger charge is -2.03. The summed E-state index contributed by atoms with van der Waals surface area (Å²) < 4.78 is 6.85. The smallest absolute Gasteiger partial charge is 0.282 e. The van der Waals surface area contributed by atoms with E-state index < -0.39 is 0 Å². The zero-order valence-corrected chi connectivity index (χ0v) is 12.9. The van der Waals surface area contributed by atoms with Gasteiger partial charge in [-0.2, -0.15) is 9.67 Å². The van der Waals surface area contributed by atoms with Crippen LogP contribution in [-0.4, -0.2) is 25.1 Å². The standard InChI is InChI=1S/C17H14N6O/c1-11-6-5-9-13(10-11)23-15(18)14(20-22-23)17-19-16(21-24-17)12-7-3-2-4-8-12/h2-10H,18H2,1H3. The van der Waals surface area contributed by atoms with Gasteiger partial charge in [0, 0.05) is 5.56 Å². The molecular weight excluding hydrogens is 304 g/mol. The molecule has 0 saturated carbocycles. The molecule has 0 atom stereocenters.